The molecule has 2 bridgehead atoms. The fourth-order valence-corrected chi connectivity index (χ4v) is 1.86. The maximum absolute atomic E-state index is 10.8. The lowest BCUT2D eigenvalue weighted by Crippen LogP contribution is -2.20. The molecule has 2 aliphatic carbocycles. The first-order valence-corrected chi connectivity index (χ1v) is 3.37. The van der Waals surface area contributed by atoms with Crippen LogP contribution in [0.15, 0.2) is 0 Å². The third-order valence-corrected chi connectivity index (χ3v) is 2.42. The van der Waals surface area contributed by atoms with Crippen LogP contribution in [0.1, 0.15) is 19.3 Å². The fourth-order valence-electron chi connectivity index (χ4n) is 1.86. The molecule has 0 aromatic carbocycles. The Labute approximate surface area is 53.2 Å². The molecule has 48 valence electrons. The van der Waals surface area contributed by atoms with Crippen molar-refractivity contribution in [2.24, 2.45) is 11.8 Å². The SMILES string of the molecule is O=C1C(=O)C2CCC1C2. The van der Waals surface area contributed by atoms with Gasteiger partial charge in [0.2, 0.25) is 11.6 Å². The van der Waals surface area contributed by atoms with Gasteiger partial charge < -0.3 is 0 Å². The number of fused-ring (bicyclic) bond motifs is 2. The third kappa shape index (κ3) is 0.506. The first-order chi connectivity index (χ1) is 4.29. The number of carbonyl (C=O) groups excluding carboxylic acids is 2. The van der Waals surface area contributed by atoms with Gasteiger partial charge in [-0.2, -0.15) is 0 Å². The predicted octanol–water partition coefficient (Wildman–Crippen LogP) is 0.554. The molecule has 0 heterocycles. The van der Waals surface area contributed by atoms with Crippen LogP contribution in [-0.2, 0) is 9.59 Å². The van der Waals surface area contributed by atoms with E-state index in [9.17, 15) is 9.59 Å². The lowest BCUT2D eigenvalue weighted by atomic mass is 9.98. The van der Waals surface area contributed by atoms with Gasteiger partial charge in [0.05, 0.1) is 0 Å². The van der Waals surface area contributed by atoms with Crippen LogP contribution in [0.25, 0.3) is 0 Å². The second-order valence-electron chi connectivity index (χ2n) is 2.94. The van der Waals surface area contributed by atoms with Crippen molar-refractivity contribution in [3.8, 4) is 0 Å². The summed E-state index contributed by atoms with van der Waals surface area (Å²) in [5.74, 6) is 0.0718. The van der Waals surface area contributed by atoms with Gasteiger partial charge in [0.15, 0.2) is 0 Å². The highest BCUT2D eigenvalue weighted by atomic mass is 16.2. The van der Waals surface area contributed by atoms with Crippen LogP contribution in [0.5, 0.6) is 0 Å². The van der Waals surface area contributed by atoms with E-state index in [4.69, 9.17) is 0 Å². The zero-order valence-corrected chi connectivity index (χ0v) is 5.09. The summed E-state index contributed by atoms with van der Waals surface area (Å²) in [4.78, 5) is 21.6. The van der Waals surface area contributed by atoms with E-state index >= 15 is 0 Å². The van der Waals surface area contributed by atoms with Gasteiger partial charge in [-0.05, 0) is 19.3 Å². The Hall–Kier alpha value is -0.660. The highest BCUT2D eigenvalue weighted by Gasteiger charge is 2.45. The largest absolute Gasteiger partial charge is 0.291 e. The van der Waals surface area contributed by atoms with Gasteiger partial charge in [0.1, 0.15) is 0 Å². The molecule has 2 fully saturated rings. The third-order valence-electron chi connectivity index (χ3n) is 2.42. The molecule has 0 aromatic rings. The zero-order chi connectivity index (χ0) is 6.43. The molecule has 0 N–H and O–H groups in total. The lowest BCUT2D eigenvalue weighted by Gasteiger charge is -2.03. The highest BCUT2D eigenvalue weighted by molar-refractivity contribution is 6.41. The Balaban J connectivity index is 2.35. The topological polar surface area (TPSA) is 34.1 Å². The van der Waals surface area contributed by atoms with E-state index in [1.54, 1.807) is 0 Å². The zero-order valence-electron chi connectivity index (χ0n) is 5.09. The van der Waals surface area contributed by atoms with Gasteiger partial charge in [-0.1, -0.05) is 0 Å². The summed E-state index contributed by atoms with van der Waals surface area (Å²) in [6, 6.07) is 0. The van der Waals surface area contributed by atoms with E-state index in [2.05, 4.69) is 0 Å². The fraction of sp³-hybridized carbons (Fsp3) is 0.714. The van der Waals surface area contributed by atoms with Crippen LogP contribution in [0.4, 0.5) is 0 Å². The van der Waals surface area contributed by atoms with Crippen molar-refractivity contribution in [3.05, 3.63) is 0 Å². The molecule has 0 radical (unpaired) electrons. The molecule has 2 rings (SSSR count). The molecule has 0 spiro atoms. The molecule has 0 amide bonds. The Kier molecular flexibility index (Phi) is 0.821. The summed E-state index contributed by atoms with van der Waals surface area (Å²) in [5, 5.41) is 0. The normalized spacial score (nSPS) is 40.4. The number of hydrogen-bond donors (Lipinski definition) is 0. The van der Waals surface area contributed by atoms with Crippen LogP contribution < -0.4 is 0 Å². The van der Waals surface area contributed by atoms with Crippen molar-refractivity contribution in [1.29, 1.82) is 0 Å². The number of Topliss-reactive ketones (excluding diaryl/α,β-unsaturated/α-hetero) is 2. The molecule has 0 aromatic heterocycles. The molecule has 2 aliphatic rings. The van der Waals surface area contributed by atoms with Crippen molar-refractivity contribution in [2.45, 2.75) is 19.3 Å². The number of carbonyl (C=O) groups is 2. The highest BCUT2D eigenvalue weighted by Crippen LogP contribution is 2.39. The Morgan fingerprint density at radius 3 is 1.67 bits per heavy atom. The number of rotatable bonds is 0. The van der Waals surface area contributed by atoms with E-state index in [0.717, 1.165) is 19.3 Å². The summed E-state index contributed by atoms with van der Waals surface area (Å²) in [5.41, 5.74) is 0. The van der Waals surface area contributed by atoms with Gasteiger partial charge in [-0.25, -0.2) is 0 Å². The Morgan fingerprint density at radius 2 is 1.44 bits per heavy atom. The number of ketones is 2. The van der Waals surface area contributed by atoms with Gasteiger partial charge in [0, 0.05) is 11.8 Å². The minimum absolute atomic E-state index is 0.0914. The molecule has 2 heteroatoms. The van der Waals surface area contributed by atoms with E-state index in [0.29, 0.717) is 0 Å². The van der Waals surface area contributed by atoms with Gasteiger partial charge >= 0.3 is 0 Å². The first-order valence-electron chi connectivity index (χ1n) is 3.37. The molecular formula is C7H8O2. The van der Waals surface area contributed by atoms with E-state index < -0.39 is 0 Å². The monoisotopic (exact) mass is 124 g/mol. The molecule has 2 unspecified atom stereocenters. The second-order valence-corrected chi connectivity index (χ2v) is 2.94. The lowest BCUT2D eigenvalue weighted by molar-refractivity contribution is -0.138. The molecule has 9 heavy (non-hydrogen) atoms. The van der Waals surface area contributed by atoms with Gasteiger partial charge in [-0.3, -0.25) is 9.59 Å². The van der Waals surface area contributed by atoms with Crippen molar-refractivity contribution < 1.29 is 9.59 Å². The minimum Gasteiger partial charge on any atom is -0.291 e. The van der Waals surface area contributed by atoms with Crippen molar-refractivity contribution in [2.75, 3.05) is 0 Å². The molecule has 2 atom stereocenters. The first kappa shape index (κ1) is 5.15. The van der Waals surface area contributed by atoms with Gasteiger partial charge in [-0.15, -0.1) is 0 Å². The van der Waals surface area contributed by atoms with Crippen LogP contribution in [0.3, 0.4) is 0 Å². The summed E-state index contributed by atoms with van der Waals surface area (Å²) in [6.45, 7) is 0. The second kappa shape index (κ2) is 1.43. The minimum atomic E-state index is -0.0914. The molecule has 0 saturated heterocycles. The summed E-state index contributed by atoms with van der Waals surface area (Å²) >= 11 is 0. The Bertz CT molecular complexity index is 163. The van der Waals surface area contributed by atoms with Crippen LogP contribution in [0, 0.1) is 11.8 Å². The van der Waals surface area contributed by atoms with Crippen molar-refractivity contribution in [1.82, 2.24) is 0 Å². The maximum Gasteiger partial charge on any atom is 0.201 e. The molecule has 2 nitrogen and oxygen atoms in total. The average Bonchev–Trinajstić information content (AvgIpc) is 2.37. The quantitative estimate of drug-likeness (QED) is 0.442. The maximum atomic E-state index is 10.8. The molecule has 2 saturated carbocycles. The van der Waals surface area contributed by atoms with Crippen molar-refractivity contribution in [3.63, 3.8) is 0 Å². The van der Waals surface area contributed by atoms with E-state index in [1.165, 1.54) is 0 Å². The summed E-state index contributed by atoms with van der Waals surface area (Å²) < 4.78 is 0. The van der Waals surface area contributed by atoms with E-state index in [-0.39, 0.29) is 23.4 Å². The van der Waals surface area contributed by atoms with Crippen LogP contribution in [-0.4, -0.2) is 11.6 Å². The number of hydrogen-bond acceptors (Lipinski definition) is 2. The summed E-state index contributed by atoms with van der Waals surface area (Å²) in [6.07, 6.45) is 2.79. The predicted molar refractivity (Wildman–Crippen MR) is 30.8 cm³/mol. The molecular weight excluding hydrogens is 116 g/mol. The van der Waals surface area contributed by atoms with Crippen LogP contribution >= 0.6 is 0 Å². The van der Waals surface area contributed by atoms with E-state index in [1.807, 2.05) is 0 Å². The standard InChI is InChI=1S/C7H8O2/c8-6-4-1-2-5(3-4)7(6)9/h4-5H,1-3H2. The molecule has 0 aliphatic heterocycles. The van der Waals surface area contributed by atoms with Gasteiger partial charge in [0.25, 0.3) is 0 Å². The summed E-state index contributed by atoms with van der Waals surface area (Å²) in [7, 11) is 0. The van der Waals surface area contributed by atoms with Crippen LogP contribution in [0.2, 0.25) is 0 Å². The smallest absolute Gasteiger partial charge is 0.201 e. The average molecular weight is 124 g/mol. The Morgan fingerprint density at radius 1 is 1.00 bits per heavy atom. The van der Waals surface area contributed by atoms with Crippen molar-refractivity contribution >= 4 is 11.6 Å².